The summed E-state index contributed by atoms with van der Waals surface area (Å²) in [5.74, 6) is 1.42. The van der Waals surface area contributed by atoms with Crippen LogP contribution in [0.2, 0.25) is 0 Å². The SMILES string of the molecule is COc1cc([C@H](N)CC(C)C)oc(=O)c1. The molecule has 1 aromatic heterocycles. The third-order valence-electron chi connectivity index (χ3n) is 2.09. The lowest BCUT2D eigenvalue weighted by atomic mass is 10.0. The van der Waals surface area contributed by atoms with E-state index in [0.29, 0.717) is 17.4 Å². The molecule has 0 unspecified atom stereocenters. The average molecular weight is 211 g/mol. The zero-order chi connectivity index (χ0) is 11.4. The number of rotatable bonds is 4. The molecular formula is C11H17NO3. The fourth-order valence-electron chi connectivity index (χ4n) is 1.40. The van der Waals surface area contributed by atoms with Gasteiger partial charge in [-0.3, -0.25) is 0 Å². The molecule has 0 saturated carbocycles. The summed E-state index contributed by atoms with van der Waals surface area (Å²) in [7, 11) is 1.51. The molecule has 0 aromatic carbocycles. The largest absolute Gasteiger partial charge is 0.496 e. The Morgan fingerprint density at radius 3 is 2.67 bits per heavy atom. The maximum Gasteiger partial charge on any atom is 0.339 e. The number of nitrogens with two attached hydrogens (primary N) is 1. The van der Waals surface area contributed by atoms with E-state index in [1.807, 2.05) is 0 Å². The quantitative estimate of drug-likeness (QED) is 0.823. The average Bonchev–Trinajstić information content (AvgIpc) is 2.15. The lowest BCUT2D eigenvalue weighted by Crippen LogP contribution is -2.15. The van der Waals surface area contributed by atoms with E-state index in [1.54, 1.807) is 6.07 Å². The van der Waals surface area contributed by atoms with Gasteiger partial charge in [0.1, 0.15) is 11.5 Å². The molecule has 2 N–H and O–H groups in total. The Labute approximate surface area is 89.0 Å². The summed E-state index contributed by atoms with van der Waals surface area (Å²) in [6.45, 7) is 4.14. The van der Waals surface area contributed by atoms with Crippen LogP contribution in [0.3, 0.4) is 0 Å². The first kappa shape index (κ1) is 11.8. The Morgan fingerprint density at radius 1 is 1.47 bits per heavy atom. The molecule has 0 fully saturated rings. The van der Waals surface area contributed by atoms with Crippen molar-refractivity contribution in [2.45, 2.75) is 26.3 Å². The molecule has 1 aromatic rings. The van der Waals surface area contributed by atoms with E-state index >= 15 is 0 Å². The Kier molecular flexibility index (Phi) is 3.91. The first-order valence-corrected chi connectivity index (χ1v) is 4.97. The van der Waals surface area contributed by atoms with E-state index in [2.05, 4.69) is 13.8 Å². The van der Waals surface area contributed by atoms with Gasteiger partial charge in [-0.15, -0.1) is 0 Å². The molecule has 4 nitrogen and oxygen atoms in total. The highest BCUT2D eigenvalue weighted by atomic mass is 16.5. The van der Waals surface area contributed by atoms with Gasteiger partial charge >= 0.3 is 5.63 Å². The highest BCUT2D eigenvalue weighted by Gasteiger charge is 2.12. The molecule has 0 amide bonds. The lowest BCUT2D eigenvalue weighted by molar-refractivity contribution is 0.365. The Bertz CT molecular complexity index is 370. The molecule has 0 saturated heterocycles. The highest BCUT2D eigenvalue weighted by Crippen LogP contribution is 2.20. The van der Waals surface area contributed by atoms with Gasteiger partial charge in [-0.2, -0.15) is 0 Å². The van der Waals surface area contributed by atoms with Crippen LogP contribution in [0.15, 0.2) is 21.3 Å². The van der Waals surface area contributed by atoms with Gasteiger partial charge in [0.15, 0.2) is 0 Å². The van der Waals surface area contributed by atoms with E-state index in [-0.39, 0.29) is 6.04 Å². The Hall–Kier alpha value is -1.29. The summed E-state index contributed by atoms with van der Waals surface area (Å²) < 4.78 is 10.00. The van der Waals surface area contributed by atoms with E-state index in [1.165, 1.54) is 13.2 Å². The van der Waals surface area contributed by atoms with Gasteiger partial charge in [-0.1, -0.05) is 13.8 Å². The minimum Gasteiger partial charge on any atom is -0.496 e. The standard InChI is InChI=1S/C11H17NO3/c1-7(2)4-9(12)10-5-8(14-3)6-11(13)15-10/h5-7,9H,4,12H2,1-3H3/t9-/m1/s1. The maximum absolute atomic E-state index is 11.2. The van der Waals surface area contributed by atoms with Gasteiger partial charge in [0.05, 0.1) is 19.2 Å². The second-order valence-electron chi connectivity index (χ2n) is 3.95. The number of hydrogen-bond donors (Lipinski definition) is 1. The molecule has 0 aliphatic rings. The summed E-state index contributed by atoms with van der Waals surface area (Å²) in [5, 5.41) is 0. The predicted molar refractivity (Wildman–Crippen MR) is 57.9 cm³/mol. The molecule has 0 spiro atoms. The molecule has 0 radical (unpaired) electrons. The van der Waals surface area contributed by atoms with Crippen LogP contribution in [0.4, 0.5) is 0 Å². The van der Waals surface area contributed by atoms with Crippen molar-refractivity contribution in [2.24, 2.45) is 11.7 Å². The lowest BCUT2D eigenvalue weighted by Gasteiger charge is -2.13. The van der Waals surface area contributed by atoms with E-state index in [9.17, 15) is 4.79 Å². The fourth-order valence-corrected chi connectivity index (χ4v) is 1.40. The first-order valence-electron chi connectivity index (χ1n) is 4.97. The Balaban J connectivity index is 2.93. The summed E-state index contributed by atoms with van der Waals surface area (Å²) in [6, 6.07) is 2.70. The van der Waals surface area contributed by atoms with Crippen molar-refractivity contribution in [3.63, 3.8) is 0 Å². The fraction of sp³-hybridized carbons (Fsp3) is 0.545. The topological polar surface area (TPSA) is 65.5 Å². The van der Waals surface area contributed by atoms with Crippen molar-refractivity contribution < 1.29 is 9.15 Å². The van der Waals surface area contributed by atoms with Crippen LogP contribution in [0.1, 0.15) is 32.1 Å². The zero-order valence-electron chi connectivity index (χ0n) is 9.32. The molecule has 0 aliphatic carbocycles. The van der Waals surface area contributed by atoms with Crippen LogP contribution >= 0.6 is 0 Å². The third kappa shape index (κ3) is 3.40. The van der Waals surface area contributed by atoms with Crippen LogP contribution in [0.5, 0.6) is 5.75 Å². The van der Waals surface area contributed by atoms with Crippen molar-refractivity contribution in [1.29, 1.82) is 0 Å². The monoisotopic (exact) mass is 211 g/mol. The van der Waals surface area contributed by atoms with Crippen molar-refractivity contribution in [3.05, 3.63) is 28.3 Å². The van der Waals surface area contributed by atoms with Gasteiger partial charge in [0.25, 0.3) is 0 Å². The maximum atomic E-state index is 11.2. The van der Waals surface area contributed by atoms with Gasteiger partial charge in [0.2, 0.25) is 0 Å². The van der Waals surface area contributed by atoms with E-state index < -0.39 is 5.63 Å². The molecule has 0 aliphatic heterocycles. The molecule has 1 heterocycles. The number of hydrogen-bond acceptors (Lipinski definition) is 4. The zero-order valence-corrected chi connectivity index (χ0v) is 9.32. The minimum absolute atomic E-state index is 0.257. The predicted octanol–water partition coefficient (Wildman–Crippen LogP) is 1.69. The number of methoxy groups -OCH3 is 1. The summed E-state index contributed by atoms with van der Waals surface area (Å²) in [6.07, 6.45) is 0.774. The molecule has 4 heteroatoms. The summed E-state index contributed by atoms with van der Waals surface area (Å²) >= 11 is 0. The van der Waals surface area contributed by atoms with Gasteiger partial charge in [0, 0.05) is 6.07 Å². The second-order valence-corrected chi connectivity index (χ2v) is 3.95. The molecule has 84 valence electrons. The van der Waals surface area contributed by atoms with E-state index in [4.69, 9.17) is 14.9 Å². The first-order chi connectivity index (χ1) is 7.02. The Morgan fingerprint density at radius 2 is 2.13 bits per heavy atom. The van der Waals surface area contributed by atoms with Crippen LogP contribution in [0, 0.1) is 5.92 Å². The van der Waals surface area contributed by atoms with Crippen LogP contribution in [-0.2, 0) is 0 Å². The molecule has 15 heavy (non-hydrogen) atoms. The molecule has 0 bridgehead atoms. The van der Waals surface area contributed by atoms with Gasteiger partial charge in [-0.25, -0.2) is 4.79 Å². The third-order valence-corrected chi connectivity index (χ3v) is 2.09. The minimum atomic E-state index is -0.427. The van der Waals surface area contributed by atoms with Crippen LogP contribution < -0.4 is 16.1 Å². The van der Waals surface area contributed by atoms with Gasteiger partial charge < -0.3 is 14.9 Å². The molecule has 1 rings (SSSR count). The highest BCUT2D eigenvalue weighted by molar-refractivity contribution is 5.21. The summed E-state index contributed by atoms with van der Waals surface area (Å²) in [4.78, 5) is 11.2. The molecular weight excluding hydrogens is 194 g/mol. The normalized spacial score (nSPS) is 12.9. The summed E-state index contributed by atoms with van der Waals surface area (Å²) in [5.41, 5.74) is 5.47. The number of ether oxygens (including phenoxy) is 1. The smallest absolute Gasteiger partial charge is 0.339 e. The van der Waals surface area contributed by atoms with Crippen molar-refractivity contribution in [2.75, 3.05) is 7.11 Å². The molecule has 1 atom stereocenters. The second kappa shape index (κ2) is 4.98. The van der Waals surface area contributed by atoms with Crippen LogP contribution in [0.25, 0.3) is 0 Å². The van der Waals surface area contributed by atoms with Crippen molar-refractivity contribution >= 4 is 0 Å². The van der Waals surface area contributed by atoms with E-state index in [0.717, 1.165) is 6.42 Å². The van der Waals surface area contributed by atoms with Crippen molar-refractivity contribution in [3.8, 4) is 5.75 Å². The van der Waals surface area contributed by atoms with Crippen LogP contribution in [-0.4, -0.2) is 7.11 Å². The van der Waals surface area contributed by atoms with Gasteiger partial charge in [-0.05, 0) is 12.3 Å². The van der Waals surface area contributed by atoms with Crippen molar-refractivity contribution in [1.82, 2.24) is 0 Å².